The summed E-state index contributed by atoms with van der Waals surface area (Å²) < 4.78 is 1.35. The van der Waals surface area contributed by atoms with Crippen LogP contribution in [0.5, 0.6) is 0 Å². The maximum atomic E-state index is 2.73. The zero-order chi connectivity index (χ0) is 12.8. The van der Waals surface area contributed by atoms with E-state index in [4.69, 9.17) is 0 Å². The van der Waals surface area contributed by atoms with Gasteiger partial charge in [-0.3, -0.25) is 4.90 Å². The molecule has 2 rings (SSSR count). The Kier molecular flexibility index (Phi) is 5.50. The lowest BCUT2D eigenvalue weighted by Crippen LogP contribution is -2.52. The Morgan fingerprint density at radius 3 is 2.56 bits per heavy atom. The van der Waals surface area contributed by atoms with Crippen LogP contribution >= 0.6 is 0 Å². The molecule has 1 atom stereocenters. The van der Waals surface area contributed by atoms with Crippen LogP contribution in [-0.2, 0) is 0 Å². The molecule has 106 valence electrons. The van der Waals surface area contributed by atoms with Gasteiger partial charge in [0.15, 0.2) is 0 Å². The fourth-order valence-electron chi connectivity index (χ4n) is 3.92. The van der Waals surface area contributed by atoms with Crippen LogP contribution in [0.15, 0.2) is 0 Å². The molecule has 1 heterocycles. The maximum Gasteiger partial charge on any atom is 0.135 e. The van der Waals surface area contributed by atoms with Gasteiger partial charge in [-0.2, -0.15) is 0 Å². The predicted molar refractivity (Wildman–Crippen MR) is 78.5 cm³/mol. The Morgan fingerprint density at radius 2 is 1.83 bits per heavy atom. The highest BCUT2D eigenvalue weighted by atomic mass is 15.5. The van der Waals surface area contributed by atoms with E-state index in [2.05, 4.69) is 18.9 Å². The zero-order valence-electron chi connectivity index (χ0n) is 12.7. The van der Waals surface area contributed by atoms with E-state index < -0.39 is 0 Å². The summed E-state index contributed by atoms with van der Waals surface area (Å²) in [7, 11) is 2.52. The van der Waals surface area contributed by atoms with Crippen molar-refractivity contribution >= 4 is 0 Å². The Labute approximate surface area is 114 Å². The van der Waals surface area contributed by atoms with Crippen molar-refractivity contribution in [2.75, 3.05) is 33.4 Å². The van der Waals surface area contributed by atoms with Crippen LogP contribution < -0.4 is 0 Å². The lowest BCUT2D eigenvalue weighted by atomic mass is 9.93. The molecule has 2 fully saturated rings. The summed E-state index contributed by atoms with van der Waals surface area (Å²) >= 11 is 0. The van der Waals surface area contributed by atoms with Crippen LogP contribution in [0.4, 0.5) is 0 Å². The number of nitrogens with zero attached hydrogens (tertiary/aromatic N) is 2. The summed E-state index contributed by atoms with van der Waals surface area (Å²) in [5.41, 5.74) is 0. The molecule has 18 heavy (non-hydrogen) atoms. The van der Waals surface area contributed by atoms with E-state index in [9.17, 15) is 0 Å². The lowest BCUT2D eigenvalue weighted by Gasteiger charge is -2.40. The van der Waals surface area contributed by atoms with Crippen LogP contribution in [0.2, 0.25) is 0 Å². The van der Waals surface area contributed by atoms with Gasteiger partial charge >= 0.3 is 0 Å². The van der Waals surface area contributed by atoms with Gasteiger partial charge in [0, 0.05) is 6.54 Å². The van der Waals surface area contributed by atoms with Crippen molar-refractivity contribution in [3.8, 4) is 0 Å². The molecular weight excluding hydrogens is 220 g/mol. The van der Waals surface area contributed by atoms with Gasteiger partial charge < -0.3 is 4.48 Å². The Bertz CT molecular complexity index is 233. The minimum Gasteiger partial charge on any atom is -0.310 e. The molecule has 0 amide bonds. The van der Waals surface area contributed by atoms with E-state index in [1.807, 2.05) is 0 Å². The highest BCUT2D eigenvalue weighted by molar-refractivity contribution is 4.71. The first kappa shape index (κ1) is 14.3. The first-order valence-corrected chi connectivity index (χ1v) is 8.31. The van der Waals surface area contributed by atoms with E-state index in [1.54, 1.807) is 0 Å². The second-order valence-electron chi connectivity index (χ2n) is 6.81. The Morgan fingerprint density at radius 1 is 1.06 bits per heavy atom. The largest absolute Gasteiger partial charge is 0.310 e. The first-order valence-electron chi connectivity index (χ1n) is 8.31. The number of hydrogen-bond acceptors (Lipinski definition) is 1. The van der Waals surface area contributed by atoms with Crippen LogP contribution in [-0.4, -0.2) is 48.8 Å². The van der Waals surface area contributed by atoms with E-state index in [0.29, 0.717) is 0 Å². The topological polar surface area (TPSA) is 3.24 Å². The van der Waals surface area contributed by atoms with E-state index >= 15 is 0 Å². The number of rotatable bonds is 6. The lowest BCUT2D eigenvalue weighted by molar-refractivity contribution is -0.927. The van der Waals surface area contributed by atoms with Crippen molar-refractivity contribution in [3.63, 3.8) is 0 Å². The van der Waals surface area contributed by atoms with Crippen molar-refractivity contribution in [2.24, 2.45) is 0 Å². The monoisotopic (exact) mass is 253 g/mol. The van der Waals surface area contributed by atoms with E-state index in [-0.39, 0.29) is 0 Å². The van der Waals surface area contributed by atoms with Gasteiger partial charge in [0.2, 0.25) is 0 Å². The van der Waals surface area contributed by atoms with Crippen molar-refractivity contribution in [2.45, 2.75) is 70.8 Å². The normalized spacial score (nSPS) is 31.0. The summed E-state index contributed by atoms with van der Waals surface area (Å²) in [6.07, 6.45) is 13.0. The highest BCUT2D eigenvalue weighted by Gasteiger charge is 2.39. The maximum absolute atomic E-state index is 2.73. The average molecular weight is 253 g/mol. The van der Waals surface area contributed by atoms with Gasteiger partial charge in [-0.25, -0.2) is 0 Å². The average Bonchev–Trinajstić information content (AvgIpc) is 2.79. The minimum absolute atomic E-state index is 0.972. The Hall–Kier alpha value is -0.0800. The van der Waals surface area contributed by atoms with Crippen molar-refractivity contribution in [1.29, 1.82) is 0 Å². The zero-order valence-corrected chi connectivity index (χ0v) is 12.7. The molecule has 2 nitrogen and oxygen atoms in total. The van der Waals surface area contributed by atoms with Crippen LogP contribution in [0.3, 0.4) is 0 Å². The molecule has 1 unspecified atom stereocenters. The summed E-state index contributed by atoms with van der Waals surface area (Å²) in [5, 5.41) is 0. The molecule has 0 bridgehead atoms. The van der Waals surface area contributed by atoms with Crippen molar-refractivity contribution < 1.29 is 4.48 Å². The molecule has 0 aromatic heterocycles. The van der Waals surface area contributed by atoms with E-state index in [0.717, 1.165) is 6.04 Å². The second kappa shape index (κ2) is 6.91. The van der Waals surface area contributed by atoms with Crippen molar-refractivity contribution in [3.05, 3.63) is 0 Å². The molecule has 1 saturated heterocycles. The minimum atomic E-state index is 0.972. The summed E-state index contributed by atoms with van der Waals surface area (Å²) in [4.78, 5) is 2.73. The third kappa shape index (κ3) is 3.71. The standard InChI is InChI=1S/C16H33N2/c1-3-4-5-9-12-17-13-14-18(2,15-17)16-10-7-6-8-11-16/h16H,3-15H2,1-2H3/q+1. The van der Waals surface area contributed by atoms with Crippen LogP contribution in [0, 0.1) is 0 Å². The molecule has 0 N–H and O–H groups in total. The SMILES string of the molecule is CCCCCCN1CC[N+](C)(C2CCCCC2)C1. The number of likely N-dealkylation sites (N-methyl/N-ethyl adjacent to an activating group) is 1. The summed E-state index contributed by atoms with van der Waals surface area (Å²) in [6.45, 7) is 7.72. The number of unbranched alkanes of at least 4 members (excludes halogenated alkanes) is 3. The highest BCUT2D eigenvalue weighted by Crippen LogP contribution is 2.29. The van der Waals surface area contributed by atoms with Gasteiger partial charge in [0.05, 0.1) is 26.2 Å². The Balaban J connectivity index is 1.72. The van der Waals surface area contributed by atoms with Crippen molar-refractivity contribution in [1.82, 2.24) is 4.90 Å². The molecule has 1 saturated carbocycles. The molecule has 2 aliphatic rings. The van der Waals surface area contributed by atoms with Gasteiger partial charge in [-0.05, 0) is 32.1 Å². The second-order valence-corrected chi connectivity index (χ2v) is 6.81. The quantitative estimate of drug-likeness (QED) is 0.516. The molecule has 0 aromatic carbocycles. The molecule has 1 aliphatic heterocycles. The van der Waals surface area contributed by atoms with Gasteiger partial charge in [-0.1, -0.05) is 32.6 Å². The molecule has 1 aliphatic carbocycles. The summed E-state index contributed by atoms with van der Waals surface area (Å²) in [6, 6.07) is 0.972. The van der Waals surface area contributed by atoms with E-state index in [1.165, 1.54) is 88.6 Å². The van der Waals surface area contributed by atoms with Crippen LogP contribution in [0.25, 0.3) is 0 Å². The third-order valence-corrected chi connectivity index (χ3v) is 5.23. The smallest absolute Gasteiger partial charge is 0.135 e. The molecule has 2 heteroatoms. The molecule has 0 radical (unpaired) electrons. The van der Waals surface area contributed by atoms with Gasteiger partial charge in [-0.15, -0.1) is 0 Å². The number of quaternary nitrogens is 1. The first-order chi connectivity index (χ1) is 8.74. The number of hydrogen-bond donors (Lipinski definition) is 0. The fraction of sp³-hybridized carbons (Fsp3) is 1.00. The summed E-state index contributed by atoms with van der Waals surface area (Å²) in [5.74, 6) is 0. The molecule has 0 spiro atoms. The fourth-order valence-corrected chi connectivity index (χ4v) is 3.92. The van der Waals surface area contributed by atoms with Crippen LogP contribution in [0.1, 0.15) is 64.7 Å². The van der Waals surface area contributed by atoms with Gasteiger partial charge in [0.25, 0.3) is 0 Å². The molecule has 0 aromatic rings. The third-order valence-electron chi connectivity index (χ3n) is 5.23. The van der Waals surface area contributed by atoms with Gasteiger partial charge in [0.1, 0.15) is 6.67 Å². The molecular formula is C16H33N2+. The predicted octanol–water partition coefficient (Wildman–Crippen LogP) is 3.62.